The summed E-state index contributed by atoms with van der Waals surface area (Å²) in [5, 5.41) is 6.08. The zero-order chi connectivity index (χ0) is 15.1. The average Bonchev–Trinajstić information content (AvgIpc) is 3.03. The van der Waals surface area contributed by atoms with Crippen LogP contribution in [0.25, 0.3) is 0 Å². The number of morpholine rings is 1. The summed E-state index contributed by atoms with van der Waals surface area (Å²) in [6.07, 6.45) is 1.75. The number of likely N-dealkylation sites (N-methyl/N-ethyl adjacent to an activating group) is 1. The summed E-state index contributed by atoms with van der Waals surface area (Å²) in [5.74, 6) is 0.722. The van der Waals surface area contributed by atoms with Gasteiger partial charge in [-0.25, -0.2) is 0 Å². The van der Waals surface area contributed by atoms with E-state index in [4.69, 9.17) is 9.15 Å². The molecule has 2 unspecified atom stereocenters. The highest BCUT2D eigenvalue weighted by Crippen LogP contribution is 2.04. The van der Waals surface area contributed by atoms with Gasteiger partial charge in [-0.1, -0.05) is 6.92 Å². The Hall–Kier alpha value is -1.37. The van der Waals surface area contributed by atoms with Crippen LogP contribution in [0.1, 0.15) is 19.6 Å². The molecule has 6 nitrogen and oxygen atoms in total. The number of carbonyl (C=O) groups excluding carboxylic acids is 1. The van der Waals surface area contributed by atoms with Crippen molar-refractivity contribution in [2.24, 2.45) is 0 Å². The third-order valence-corrected chi connectivity index (χ3v) is 3.73. The Morgan fingerprint density at radius 3 is 3.14 bits per heavy atom. The fraction of sp³-hybridized carbons (Fsp3) is 0.667. The molecule has 118 valence electrons. The van der Waals surface area contributed by atoms with Crippen LogP contribution >= 0.6 is 0 Å². The molecule has 1 aliphatic heterocycles. The van der Waals surface area contributed by atoms with Gasteiger partial charge in [-0.3, -0.25) is 9.69 Å². The molecule has 2 rings (SSSR count). The summed E-state index contributed by atoms with van der Waals surface area (Å²) >= 11 is 0. The largest absolute Gasteiger partial charge is 0.467 e. The predicted molar refractivity (Wildman–Crippen MR) is 79.9 cm³/mol. The lowest BCUT2D eigenvalue weighted by Crippen LogP contribution is -2.50. The van der Waals surface area contributed by atoms with Gasteiger partial charge in [-0.2, -0.15) is 0 Å². The van der Waals surface area contributed by atoms with E-state index in [0.717, 1.165) is 32.0 Å². The average molecular weight is 295 g/mol. The maximum atomic E-state index is 12.0. The van der Waals surface area contributed by atoms with Gasteiger partial charge in [0.25, 0.3) is 0 Å². The molecule has 0 saturated carbocycles. The second-order valence-electron chi connectivity index (χ2n) is 5.31. The number of amides is 1. The molecule has 0 aromatic carbocycles. The molecule has 2 atom stereocenters. The zero-order valence-electron chi connectivity index (χ0n) is 12.8. The lowest BCUT2D eigenvalue weighted by atomic mass is 10.2. The van der Waals surface area contributed by atoms with Gasteiger partial charge in [-0.05, 0) is 25.6 Å². The van der Waals surface area contributed by atoms with Gasteiger partial charge >= 0.3 is 0 Å². The highest BCUT2D eigenvalue weighted by Gasteiger charge is 2.21. The van der Waals surface area contributed by atoms with Crippen molar-refractivity contribution in [3.8, 4) is 0 Å². The quantitative estimate of drug-likeness (QED) is 0.771. The van der Waals surface area contributed by atoms with Crippen LogP contribution in [-0.4, -0.2) is 55.7 Å². The molecule has 2 heterocycles. The second-order valence-corrected chi connectivity index (χ2v) is 5.31. The lowest BCUT2D eigenvalue weighted by molar-refractivity contribution is -0.123. The summed E-state index contributed by atoms with van der Waals surface area (Å²) in [5.41, 5.74) is 0. The van der Waals surface area contributed by atoms with Crippen LogP contribution in [0.15, 0.2) is 22.8 Å². The number of hydrogen-bond acceptors (Lipinski definition) is 5. The Bertz CT molecular complexity index is 422. The second kappa shape index (κ2) is 8.17. The first kappa shape index (κ1) is 16.0. The van der Waals surface area contributed by atoms with E-state index >= 15 is 0 Å². The molecule has 0 radical (unpaired) electrons. The van der Waals surface area contributed by atoms with E-state index in [2.05, 4.69) is 22.5 Å². The third-order valence-electron chi connectivity index (χ3n) is 3.73. The highest BCUT2D eigenvalue weighted by atomic mass is 16.5. The van der Waals surface area contributed by atoms with Crippen LogP contribution < -0.4 is 10.6 Å². The van der Waals surface area contributed by atoms with Crippen LogP contribution in [-0.2, 0) is 16.1 Å². The molecule has 1 saturated heterocycles. The lowest BCUT2D eigenvalue weighted by Gasteiger charge is -2.32. The topological polar surface area (TPSA) is 66.7 Å². The number of carbonyl (C=O) groups is 1. The number of nitrogens with zero attached hydrogens (tertiary/aromatic N) is 1. The summed E-state index contributed by atoms with van der Waals surface area (Å²) in [6.45, 7) is 8.83. The maximum Gasteiger partial charge on any atom is 0.237 e. The molecule has 2 N–H and O–H groups in total. The summed E-state index contributed by atoms with van der Waals surface area (Å²) < 4.78 is 10.9. The van der Waals surface area contributed by atoms with E-state index in [9.17, 15) is 4.79 Å². The standard InChI is InChI=1S/C15H25N3O3/c1-3-18-6-8-21-14(11-18)10-16-12(2)15(19)17-9-13-5-4-7-20-13/h4-5,7,12,14,16H,3,6,8-11H2,1-2H3,(H,17,19). The minimum absolute atomic E-state index is 0.0328. The number of rotatable bonds is 7. The third kappa shape index (κ3) is 5.15. The van der Waals surface area contributed by atoms with Crippen molar-refractivity contribution >= 4 is 5.91 Å². The Balaban J connectivity index is 1.66. The first-order valence-electron chi connectivity index (χ1n) is 7.56. The minimum atomic E-state index is -0.249. The van der Waals surface area contributed by atoms with Crippen molar-refractivity contribution in [1.29, 1.82) is 0 Å². The first-order valence-corrected chi connectivity index (χ1v) is 7.56. The van der Waals surface area contributed by atoms with Crippen LogP contribution in [0.2, 0.25) is 0 Å². The predicted octanol–water partition coefficient (Wildman–Crippen LogP) is 0.595. The van der Waals surface area contributed by atoms with Gasteiger partial charge in [0.2, 0.25) is 5.91 Å². The SMILES string of the molecule is CCN1CCOC(CNC(C)C(=O)NCc2ccco2)C1. The molecule has 1 aliphatic rings. The van der Waals surface area contributed by atoms with Crippen LogP contribution in [0.3, 0.4) is 0 Å². The molecule has 0 spiro atoms. The van der Waals surface area contributed by atoms with Gasteiger partial charge in [-0.15, -0.1) is 0 Å². The van der Waals surface area contributed by atoms with E-state index in [0.29, 0.717) is 13.1 Å². The zero-order valence-corrected chi connectivity index (χ0v) is 12.8. The van der Waals surface area contributed by atoms with E-state index in [1.807, 2.05) is 19.1 Å². The fourth-order valence-electron chi connectivity index (χ4n) is 2.33. The van der Waals surface area contributed by atoms with E-state index in [1.165, 1.54) is 0 Å². The molecule has 0 aliphatic carbocycles. The van der Waals surface area contributed by atoms with E-state index < -0.39 is 0 Å². The summed E-state index contributed by atoms with van der Waals surface area (Å²) in [4.78, 5) is 14.3. The Labute approximate surface area is 125 Å². The summed E-state index contributed by atoms with van der Waals surface area (Å²) in [6, 6.07) is 3.40. The van der Waals surface area contributed by atoms with E-state index in [-0.39, 0.29) is 18.1 Å². The van der Waals surface area contributed by atoms with Gasteiger partial charge in [0.05, 0.1) is 31.6 Å². The van der Waals surface area contributed by atoms with Crippen LogP contribution in [0.4, 0.5) is 0 Å². The number of hydrogen-bond donors (Lipinski definition) is 2. The molecule has 1 fully saturated rings. The van der Waals surface area contributed by atoms with Gasteiger partial charge in [0.1, 0.15) is 5.76 Å². The highest BCUT2D eigenvalue weighted by molar-refractivity contribution is 5.81. The van der Waals surface area contributed by atoms with Crippen LogP contribution in [0.5, 0.6) is 0 Å². The molecule has 0 bridgehead atoms. The van der Waals surface area contributed by atoms with Gasteiger partial charge < -0.3 is 19.8 Å². The Morgan fingerprint density at radius 2 is 2.43 bits per heavy atom. The minimum Gasteiger partial charge on any atom is -0.467 e. The van der Waals surface area contributed by atoms with Crippen LogP contribution in [0, 0.1) is 0 Å². The Morgan fingerprint density at radius 1 is 1.57 bits per heavy atom. The number of ether oxygens (including phenoxy) is 1. The fourth-order valence-corrected chi connectivity index (χ4v) is 2.33. The monoisotopic (exact) mass is 295 g/mol. The normalized spacial score (nSPS) is 21.1. The van der Waals surface area contributed by atoms with Crippen molar-refractivity contribution in [2.45, 2.75) is 32.5 Å². The molecule has 1 aromatic rings. The first-order chi connectivity index (χ1) is 10.2. The number of furan rings is 1. The maximum absolute atomic E-state index is 12.0. The van der Waals surface area contributed by atoms with Gasteiger partial charge in [0, 0.05) is 19.6 Å². The molecule has 21 heavy (non-hydrogen) atoms. The Kier molecular flexibility index (Phi) is 6.22. The van der Waals surface area contributed by atoms with Crippen molar-refractivity contribution in [3.63, 3.8) is 0 Å². The number of nitrogens with one attached hydrogen (secondary N) is 2. The van der Waals surface area contributed by atoms with Crippen molar-refractivity contribution in [2.75, 3.05) is 32.8 Å². The van der Waals surface area contributed by atoms with Crippen molar-refractivity contribution in [3.05, 3.63) is 24.2 Å². The molecular formula is C15H25N3O3. The molecular weight excluding hydrogens is 270 g/mol. The van der Waals surface area contributed by atoms with Gasteiger partial charge in [0.15, 0.2) is 0 Å². The molecule has 1 amide bonds. The van der Waals surface area contributed by atoms with Crippen molar-refractivity contribution in [1.82, 2.24) is 15.5 Å². The van der Waals surface area contributed by atoms with Crippen molar-refractivity contribution < 1.29 is 13.9 Å². The van der Waals surface area contributed by atoms with E-state index in [1.54, 1.807) is 6.26 Å². The molecule has 6 heteroatoms. The smallest absolute Gasteiger partial charge is 0.237 e. The summed E-state index contributed by atoms with van der Waals surface area (Å²) in [7, 11) is 0. The molecule has 1 aromatic heterocycles.